The van der Waals surface area contributed by atoms with Crippen molar-refractivity contribution in [2.24, 2.45) is 17.8 Å². The molecule has 2 saturated heterocycles. The largest absolute Gasteiger partial charge is 0.458 e. The zero-order valence-corrected chi connectivity index (χ0v) is 34.5. The highest BCUT2D eigenvalue weighted by molar-refractivity contribution is 5.89. The Bertz CT molecular complexity index is 1360. The Balaban J connectivity index is 2.00. The predicted molar refractivity (Wildman–Crippen MR) is 207 cm³/mol. The van der Waals surface area contributed by atoms with Gasteiger partial charge in [-0.3, -0.25) is 0 Å². The van der Waals surface area contributed by atoms with E-state index < -0.39 is 80.0 Å². The van der Waals surface area contributed by atoms with Crippen molar-refractivity contribution in [2.45, 2.75) is 155 Å². The quantitative estimate of drug-likeness (QED) is 0.191. The van der Waals surface area contributed by atoms with Crippen LogP contribution in [0.3, 0.4) is 0 Å². The Hall–Kier alpha value is -2.23. The van der Waals surface area contributed by atoms with Gasteiger partial charge in [0.05, 0.1) is 48.7 Å². The number of hydrogen-bond donors (Lipinski definition) is 4. The van der Waals surface area contributed by atoms with Gasteiger partial charge in [0.1, 0.15) is 24.4 Å². The van der Waals surface area contributed by atoms with Crippen LogP contribution in [0.1, 0.15) is 81.6 Å². The normalized spacial score (nSPS) is 42.7. The van der Waals surface area contributed by atoms with Crippen LogP contribution in [0.5, 0.6) is 0 Å². The van der Waals surface area contributed by atoms with Crippen LogP contribution in [0.15, 0.2) is 58.7 Å². The summed E-state index contributed by atoms with van der Waals surface area (Å²) in [5, 5.41) is 43.9. The van der Waals surface area contributed by atoms with E-state index in [1.54, 1.807) is 12.2 Å². The highest BCUT2D eigenvalue weighted by atomic mass is 16.7. The number of hydrogen-bond acceptors (Lipinski definition) is 12. The van der Waals surface area contributed by atoms with Crippen molar-refractivity contribution in [1.82, 2.24) is 4.90 Å². The fraction of sp³-hybridized carbons (Fsp3) is 0.738. The van der Waals surface area contributed by atoms with Gasteiger partial charge in [0.15, 0.2) is 12.6 Å². The van der Waals surface area contributed by atoms with Gasteiger partial charge < -0.3 is 53.7 Å². The topological polar surface area (TPSA) is 157 Å². The standard InChI is InChI=1S/C42H69NO11/c1-13-30-21-25(5)32(45)17-15-14-16-31(22-44)40(48)52-33(23(2)3)19-18-24(4)20-26(6)37(30)53-41-36(47)34(43(10)11)38(29(9)51-41)54-42-39(49-12)35(46)27(7)28(8)50-42/h14-16,18,20-21,23,27-30,32-39,41-42,44-47H,13,17,19,22H2,1-12H3/b15-14+,24-18+,25-21+,26-20+,31-16+/t27-,28-,29-,30+,32+,33+,34-,35+,36-,37+,38-,39-,41+,42+/m1/s1. The minimum Gasteiger partial charge on any atom is -0.458 e. The van der Waals surface area contributed by atoms with Crippen LogP contribution >= 0.6 is 0 Å². The van der Waals surface area contributed by atoms with Crippen molar-refractivity contribution < 1.29 is 53.6 Å². The average molecular weight is 764 g/mol. The Morgan fingerprint density at radius 3 is 2.19 bits per heavy atom. The van der Waals surface area contributed by atoms with E-state index in [4.69, 9.17) is 28.4 Å². The molecule has 54 heavy (non-hydrogen) atoms. The van der Waals surface area contributed by atoms with Gasteiger partial charge in [0.25, 0.3) is 0 Å². The van der Waals surface area contributed by atoms with Crippen LogP contribution in [0.2, 0.25) is 0 Å². The van der Waals surface area contributed by atoms with Crippen LogP contribution < -0.4 is 0 Å². The molecule has 0 bridgehead atoms. The first-order valence-corrected chi connectivity index (χ1v) is 19.5. The fourth-order valence-corrected chi connectivity index (χ4v) is 7.36. The summed E-state index contributed by atoms with van der Waals surface area (Å²) >= 11 is 0. The molecule has 0 radical (unpaired) electrons. The summed E-state index contributed by atoms with van der Waals surface area (Å²) in [4.78, 5) is 14.8. The molecule has 12 heteroatoms. The predicted octanol–water partition coefficient (Wildman–Crippen LogP) is 4.61. The minimum atomic E-state index is -1.14. The molecule has 12 nitrogen and oxygen atoms in total. The maximum absolute atomic E-state index is 12.9. The number of nitrogens with zero attached hydrogens (tertiary/aromatic N) is 1. The van der Waals surface area contributed by atoms with Gasteiger partial charge in [0, 0.05) is 25.4 Å². The van der Waals surface area contributed by atoms with Crippen LogP contribution in [0, 0.1) is 17.8 Å². The zero-order chi connectivity index (χ0) is 40.4. The number of rotatable bonds is 9. The molecular formula is C42H69NO11. The summed E-state index contributed by atoms with van der Waals surface area (Å²) in [5.41, 5.74) is 2.71. The maximum Gasteiger partial charge on any atom is 0.336 e. The molecule has 14 atom stereocenters. The van der Waals surface area contributed by atoms with Gasteiger partial charge in [-0.05, 0) is 84.7 Å². The fourth-order valence-electron chi connectivity index (χ4n) is 7.36. The van der Waals surface area contributed by atoms with Crippen LogP contribution in [0.4, 0.5) is 0 Å². The van der Waals surface area contributed by atoms with Gasteiger partial charge in [0.2, 0.25) is 0 Å². The number of cyclic esters (lactones) is 1. The smallest absolute Gasteiger partial charge is 0.336 e. The summed E-state index contributed by atoms with van der Waals surface area (Å²) in [6.45, 7) is 17.1. The first kappa shape index (κ1) is 46.2. The van der Waals surface area contributed by atoms with Crippen molar-refractivity contribution in [3.05, 3.63) is 58.7 Å². The third-order valence-electron chi connectivity index (χ3n) is 11.1. The number of likely N-dealkylation sites (N-methyl/N-ethyl adjacent to an activating group) is 1. The number of carbonyl (C=O) groups is 1. The number of aliphatic hydroxyl groups excluding tert-OH is 4. The van der Waals surface area contributed by atoms with E-state index in [9.17, 15) is 25.2 Å². The van der Waals surface area contributed by atoms with Gasteiger partial charge in [-0.2, -0.15) is 0 Å². The number of esters is 1. The molecule has 2 fully saturated rings. The van der Waals surface area contributed by atoms with E-state index in [1.807, 2.05) is 92.6 Å². The maximum atomic E-state index is 12.9. The summed E-state index contributed by atoms with van der Waals surface area (Å²) in [6.07, 6.45) is 4.60. The van der Waals surface area contributed by atoms with Crippen molar-refractivity contribution in [3.63, 3.8) is 0 Å². The Labute approximate surface area is 323 Å². The van der Waals surface area contributed by atoms with Crippen molar-refractivity contribution in [1.29, 1.82) is 0 Å². The second-order valence-electron chi connectivity index (χ2n) is 15.8. The molecular weight excluding hydrogens is 694 g/mol. The molecule has 3 rings (SSSR count). The molecule has 0 amide bonds. The van der Waals surface area contributed by atoms with Crippen molar-refractivity contribution in [3.8, 4) is 0 Å². The van der Waals surface area contributed by atoms with Crippen LogP contribution in [0.25, 0.3) is 0 Å². The third-order valence-corrected chi connectivity index (χ3v) is 11.1. The SMILES string of the molecule is CC[C@H]1/C=C(\C)[C@@H](O)C/C=C/C=C(\CO)C(=O)O[C@H](C(C)C)C/C=C(C)/C=C(\C)[C@@H]1O[C@@H]1O[C@H](C)[C@@H](O[C@@H]2O[C@H](C)[C@@H](C)[C@H](O)[C@H]2OC)[C@H](N(C)C)[C@H]1O. The van der Waals surface area contributed by atoms with E-state index in [2.05, 4.69) is 6.92 Å². The van der Waals surface area contributed by atoms with Crippen molar-refractivity contribution in [2.75, 3.05) is 27.8 Å². The molecule has 0 aromatic rings. The van der Waals surface area contributed by atoms with Gasteiger partial charge in [-0.25, -0.2) is 4.79 Å². The second kappa shape index (κ2) is 21.3. The van der Waals surface area contributed by atoms with E-state index in [0.29, 0.717) is 12.8 Å². The molecule has 0 aromatic heterocycles. The van der Waals surface area contributed by atoms with Crippen LogP contribution in [-0.2, 0) is 33.2 Å². The lowest BCUT2D eigenvalue weighted by Crippen LogP contribution is -2.65. The summed E-state index contributed by atoms with van der Waals surface area (Å²) in [5.74, 6) is -0.906. The molecule has 0 aliphatic carbocycles. The van der Waals surface area contributed by atoms with E-state index in [1.165, 1.54) is 13.2 Å². The lowest BCUT2D eigenvalue weighted by molar-refractivity contribution is -0.345. The van der Waals surface area contributed by atoms with E-state index >= 15 is 0 Å². The molecule has 0 saturated carbocycles. The lowest BCUT2D eigenvalue weighted by Gasteiger charge is -2.50. The number of allylic oxidation sites excluding steroid dienone is 4. The van der Waals surface area contributed by atoms with Crippen molar-refractivity contribution >= 4 is 5.97 Å². The highest BCUT2D eigenvalue weighted by Gasteiger charge is 2.51. The molecule has 0 spiro atoms. The Kier molecular flexibility index (Phi) is 18.2. The molecule has 308 valence electrons. The Morgan fingerprint density at radius 1 is 0.926 bits per heavy atom. The molecule has 3 aliphatic heterocycles. The third kappa shape index (κ3) is 11.9. The average Bonchev–Trinajstić information content (AvgIpc) is 3.11. The van der Waals surface area contributed by atoms with E-state index in [-0.39, 0.29) is 35.9 Å². The minimum absolute atomic E-state index is 0.0273. The highest BCUT2D eigenvalue weighted by Crippen LogP contribution is 2.35. The zero-order valence-electron chi connectivity index (χ0n) is 34.5. The molecule has 0 aromatic carbocycles. The number of carbonyl (C=O) groups excluding carboxylic acids is 1. The molecule has 0 unspecified atom stereocenters. The van der Waals surface area contributed by atoms with E-state index in [0.717, 1.165) is 16.7 Å². The molecule has 4 N–H and O–H groups in total. The summed E-state index contributed by atoms with van der Waals surface area (Å²) in [7, 11) is 5.24. The lowest BCUT2D eigenvalue weighted by atomic mass is 9.89. The number of aliphatic hydroxyl groups is 4. The van der Waals surface area contributed by atoms with Gasteiger partial charge >= 0.3 is 5.97 Å². The van der Waals surface area contributed by atoms with Gasteiger partial charge in [-0.15, -0.1) is 0 Å². The summed E-state index contributed by atoms with van der Waals surface area (Å²) < 4.78 is 37.4. The molecule has 3 aliphatic rings. The van der Waals surface area contributed by atoms with Crippen LogP contribution in [-0.4, -0.2) is 133 Å². The number of ether oxygens (including phenoxy) is 6. The number of methoxy groups -OCH3 is 1. The first-order valence-electron chi connectivity index (χ1n) is 19.5. The summed E-state index contributed by atoms with van der Waals surface area (Å²) in [6, 6.07) is -0.571. The monoisotopic (exact) mass is 763 g/mol. The second-order valence-corrected chi connectivity index (χ2v) is 15.8. The van der Waals surface area contributed by atoms with Gasteiger partial charge in [-0.1, -0.05) is 63.6 Å². The first-order chi connectivity index (χ1) is 25.4. The Morgan fingerprint density at radius 2 is 1.59 bits per heavy atom. The molecule has 3 heterocycles.